The van der Waals surface area contributed by atoms with E-state index in [1.807, 2.05) is 38.5 Å². The maximum atomic E-state index is 13.4. The number of likely N-dealkylation sites (tertiary alicyclic amines) is 1. The minimum atomic E-state index is -0.119. The molecule has 1 saturated heterocycles. The van der Waals surface area contributed by atoms with Gasteiger partial charge in [0.25, 0.3) is 11.8 Å². The summed E-state index contributed by atoms with van der Waals surface area (Å²) in [4.78, 5) is 34.5. The number of pyridine rings is 1. The highest BCUT2D eigenvalue weighted by Gasteiger charge is 2.33. The van der Waals surface area contributed by atoms with E-state index in [2.05, 4.69) is 15.2 Å². The van der Waals surface area contributed by atoms with Gasteiger partial charge in [-0.3, -0.25) is 24.4 Å². The average molecular weight is 488 g/mol. The number of carbonyl (C=O) groups is 2. The molecule has 178 valence electrons. The van der Waals surface area contributed by atoms with Crippen LogP contribution in [0.15, 0.2) is 47.4 Å². The zero-order valence-corrected chi connectivity index (χ0v) is 20.0. The van der Waals surface area contributed by atoms with E-state index in [1.165, 1.54) is 0 Å². The van der Waals surface area contributed by atoms with Crippen molar-refractivity contribution < 1.29 is 9.59 Å². The second-order valence-corrected chi connectivity index (χ2v) is 9.72. The third kappa shape index (κ3) is 4.14. The largest absolute Gasteiger partial charge is 0.337 e. The first kappa shape index (κ1) is 21.7. The summed E-state index contributed by atoms with van der Waals surface area (Å²) in [5, 5.41) is 16.0. The number of nitrogens with zero attached hydrogens (tertiary/aromatic N) is 6. The summed E-state index contributed by atoms with van der Waals surface area (Å²) >= 11 is 1.59. The molecular weight excluding hydrogens is 462 g/mol. The lowest BCUT2D eigenvalue weighted by molar-refractivity contribution is 0.0717. The van der Waals surface area contributed by atoms with Gasteiger partial charge >= 0.3 is 0 Å². The van der Waals surface area contributed by atoms with E-state index in [0.29, 0.717) is 37.4 Å². The summed E-state index contributed by atoms with van der Waals surface area (Å²) in [7, 11) is 0. The van der Waals surface area contributed by atoms with Gasteiger partial charge in [0.15, 0.2) is 5.69 Å². The maximum absolute atomic E-state index is 13.4. The van der Waals surface area contributed by atoms with Crippen LogP contribution in [-0.4, -0.2) is 66.2 Å². The number of aromatic amines is 1. The van der Waals surface area contributed by atoms with Gasteiger partial charge in [-0.05, 0) is 48.1 Å². The van der Waals surface area contributed by atoms with Crippen LogP contribution in [0.2, 0.25) is 0 Å². The average Bonchev–Trinajstić information content (AvgIpc) is 3.70. The summed E-state index contributed by atoms with van der Waals surface area (Å²) in [5.74, 6) is -0.158. The first-order valence-electron chi connectivity index (χ1n) is 11.8. The molecule has 4 aromatic rings. The number of aromatic nitrogens is 5. The molecule has 1 N–H and O–H groups in total. The Morgan fingerprint density at radius 1 is 1.03 bits per heavy atom. The van der Waals surface area contributed by atoms with Gasteiger partial charge in [-0.25, -0.2) is 0 Å². The number of fused-ring (bicyclic) bond motifs is 1. The Morgan fingerprint density at radius 3 is 2.63 bits per heavy atom. The zero-order valence-electron chi connectivity index (χ0n) is 19.2. The topological polar surface area (TPSA) is 100 Å². The van der Waals surface area contributed by atoms with Gasteiger partial charge in [0.05, 0.1) is 18.8 Å². The van der Waals surface area contributed by atoms with Gasteiger partial charge in [0.2, 0.25) is 0 Å². The van der Waals surface area contributed by atoms with Crippen LogP contribution >= 0.6 is 11.3 Å². The molecule has 6 rings (SSSR count). The molecule has 0 unspecified atom stereocenters. The number of hydrogen-bond donors (Lipinski definition) is 1. The highest BCUT2D eigenvalue weighted by Crippen LogP contribution is 2.27. The lowest BCUT2D eigenvalue weighted by Gasteiger charge is -2.27. The second kappa shape index (κ2) is 9.10. The van der Waals surface area contributed by atoms with Crippen LogP contribution in [0, 0.1) is 0 Å². The number of amides is 2. The number of rotatable bonds is 5. The molecular formula is C25H25N7O2S. The third-order valence-corrected chi connectivity index (χ3v) is 7.41. The predicted octanol–water partition coefficient (Wildman–Crippen LogP) is 3.21. The van der Waals surface area contributed by atoms with Crippen molar-refractivity contribution in [2.24, 2.45) is 0 Å². The summed E-state index contributed by atoms with van der Waals surface area (Å²) in [6.45, 7) is 2.99. The maximum Gasteiger partial charge on any atom is 0.274 e. The molecule has 0 spiro atoms. The number of thiophene rings is 1. The third-order valence-electron chi connectivity index (χ3n) is 6.72. The molecule has 0 aliphatic carbocycles. The number of H-pyrrole nitrogens is 1. The fourth-order valence-electron chi connectivity index (χ4n) is 4.86. The van der Waals surface area contributed by atoms with Gasteiger partial charge < -0.3 is 9.80 Å². The normalized spacial score (nSPS) is 15.4. The number of hydrogen-bond acceptors (Lipinski definition) is 6. The SMILES string of the molecule is O=C(c1cc(-c2ccsc2)n[nH]1)N1CCc2c(c(C(=O)N3CCCC3)nn2Cc2ccncc2)C1. The molecule has 1 fully saturated rings. The minimum Gasteiger partial charge on any atom is -0.337 e. The molecule has 2 aliphatic heterocycles. The number of carbonyl (C=O) groups excluding carboxylic acids is 2. The van der Waals surface area contributed by atoms with Crippen LogP contribution in [0.3, 0.4) is 0 Å². The van der Waals surface area contributed by atoms with Crippen molar-refractivity contribution in [1.82, 2.24) is 34.8 Å². The lowest BCUT2D eigenvalue weighted by Crippen LogP contribution is -2.37. The zero-order chi connectivity index (χ0) is 23.8. The molecule has 10 heteroatoms. The molecule has 0 saturated carbocycles. The van der Waals surface area contributed by atoms with Crippen molar-refractivity contribution in [3.05, 3.63) is 75.6 Å². The molecule has 6 heterocycles. The minimum absolute atomic E-state index is 0.0391. The standard InChI is InChI=1S/C25H25N7O2S/c33-24(21-13-20(27-28-21)18-6-12-35-16-18)31-11-5-22-19(15-31)23(25(34)30-9-1-2-10-30)29-32(22)14-17-3-7-26-8-4-17/h3-4,6-8,12-13,16H,1-2,5,9-11,14-15H2,(H,27,28). The molecule has 2 aliphatic rings. The predicted molar refractivity (Wildman–Crippen MR) is 131 cm³/mol. The first-order chi connectivity index (χ1) is 17.2. The molecule has 0 bridgehead atoms. The molecule has 9 nitrogen and oxygen atoms in total. The Labute approximate surface area is 206 Å². The summed E-state index contributed by atoms with van der Waals surface area (Å²) < 4.78 is 1.93. The van der Waals surface area contributed by atoms with E-state index in [0.717, 1.165) is 54.0 Å². The summed E-state index contributed by atoms with van der Waals surface area (Å²) in [5.41, 5.74) is 5.61. The Hall–Kier alpha value is -3.79. The molecule has 0 aromatic carbocycles. The van der Waals surface area contributed by atoms with Crippen molar-refractivity contribution in [2.75, 3.05) is 19.6 Å². The van der Waals surface area contributed by atoms with Crippen LogP contribution in [0.4, 0.5) is 0 Å². The van der Waals surface area contributed by atoms with E-state index < -0.39 is 0 Å². The van der Waals surface area contributed by atoms with Crippen molar-refractivity contribution in [3.8, 4) is 11.3 Å². The van der Waals surface area contributed by atoms with Gasteiger partial charge in [0, 0.05) is 60.6 Å². The van der Waals surface area contributed by atoms with Crippen molar-refractivity contribution in [1.29, 1.82) is 0 Å². The molecule has 4 aromatic heterocycles. The van der Waals surface area contributed by atoms with Gasteiger partial charge in [-0.15, -0.1) is 0 Å². The Balaban J connectivity index is 1.30. The monoisotopic (exact) mass is 487 g/mol. The van der Waals surface area contributed by atoms with E-state index in [9.17, 15) is 9.59 Å². The van der Waals surface area contributed by atoms with Crippen LogP contribution in [-0.2, 0) is 19.5 Å². The first-order valence-corrected chi connectivity index (χ1v) is 12.8. The Kier molecular flexibility index (Phi) is 5.65. The van der Waals surface area contributed by atoms with Crippen molar-refractivity contribution >= 4 is 23.2 Å². The number of nitrogens with one attached hydrogen (secondary N) is 1. The van der Waals surface area contributed by atoms with E-state index >= 15 is 0 Å². The van der Waals surface area contributed by atoms with Gasteiger partial charge in [0.1, 0.15) is 5.69 Å². The van der Waals surface area contributed by atoms with Crippen molar-refractivity contribution in [2.45, 2.75) is 32.4 Å². The van der Waals surface area contributed by atoms with E-state index in [-0.39, 0.29) is 11.8 Å². The molecule has 0 radical (unpaired) electrons. The Bertz CT molecular complexity index is 1350. The van der Waals surface area contributed by atoms with E-state index in [1.54, 1.807) is 34.7 Å². The smallest absolute Gasteiger partial charge is 0.274 e. The van der Waals surface area contributed by atoms with Crippen LogP contribution in [0.1, 0.15) is 50.6 Å². The van der Waals surface area contributed by atoms with Crippen LogP contribution in [0.25, 0.3) is 11.3 Å². The van der Waals surface area contributed by atoms with Crippen LogP contribution < -0.4 is 0 Å². The van der Waals surface area contributed by atoms with E-state index in [4.69, 9.17) is 5.10 Å². The summed E-state index contributed by atoms with van der Waals surface area (Å²) in [6.07, 6.45) is 6.19. The van der Waals surface area contributed by atoms with Crippen LogP contribution in [0.5, 0.6) is 0 Å². The van der Waals surface area contributed by atoms with Crippen molar-refractivity contribution in [3.63, 3.8) is 0 Å². The summed E-state index contributed by atoms with van der Waals surface area (Å²) in [6, 6.07) is 7.69. The highest BCUT2D eigenvalue weighted by atomic mass is 32.1. The van der Waals surface area contributed by atoms with Gasteiger partial charge in [-0.2, -0.15) is 21.5 Å². The lowest BCUT2D eigenvalue weighted by atomic mass is 10.0. The fraction of sp³-hybridized carbons (Fsp3) is 0.320. The Morgan fingerprint density at radius 2 is 1.86 bits per heavy atom. The van der Waals surface area contributed by atoms with Gasteiger partial charge in [-0.1, -0.05) is 0 Å². The fourth-order valence-corrected chi connectivity index (χ4v) is 5.51. The second-order valence-electron chi connectivity index (χ2n) is 8.94. The highest BCUT2D eigenvalue weighted by molar-refractivity contribution is 7.08. The quantitative estimate of drug-likeness (QED) is 0.466. The molecule has 0 atom stereocenters. The molecule has 35 heavy (non-hydrogen) atoms. The molecule has 2 amide bonds.